The molecule has 1 heterocycles. The van der Waals surface area contributed by atoms with Crippen LogP contribution in [0.3, 0.4) is 0 Å². The summed E-state index contributed by atoms with van der Waals surface area (Å²) in [5.41, 5.74) is 0.102. The van der Waals surface area contributed by atoms with Gasteiger partial charge in [0.05, 0.1) is 19.9 Å². The Kier molecular flexibility index (Phi) is 4.79. The number of halogens is 1. The summed E-state index contributed by atoms with van der Waals surface area (Å²) in [6.07, 6.45) is 2.39. The molecule has 0 aliphatic carbocycles. The maximum atomic E-state index is 13.9. The van der Waals surface area contributed by atoms with Crippen LogP contribution in [-0.4, -0.2) is 32.7 Å². The monoisotopic (exact) mass is 282 g/mol. The highest BCUT2D eigenvalue weighted by atomic mass is 19.1. The van der Waals surface area contributed by atoms with E-state index in [-0.39, 0.29) is 17.6 Å². The number of methoxy groups -OCH3 is 2. The van der Waals surface area contributed by atoms with Crippen LogP contribution in [0.25, 0.3) is 0 Å². The number of amides is 1. The summed E-state index contributed by atoms with van der Waals surface area (Å²) in [6.45, 7) is 0.933. The van der Waals surface area contributed by atoms with Gasteiger partial charge in [-0.15, -0.1) is 0 Å². The van der Waals surface area contributed by atoms with Crippen LogP contribution in [0.15, 0.2) is 12.1 Å². The summed E-state index contributed by atoms with van der Waals surface area (Å²) in [7, 11) is 2.89. The molecule has 1 unspecified atom stereocenters. The summed E-state index contributed by atoms with van der Waals surface area (Å²) in [5.74, 6) is -0.0884. The molecule has 1 aromatic rings. The minimum atomic E-state index is -0.546. The van der Waals surface area contributed by atoms with Gasteiger partial charge in [-0.25, -0.2) is 4.39 Å². The predicted molar refractivity (Wildman–Crippen MR) is 73.8 cm³/mol. The van der Waals surface area contributed by atoms with Gasteiger partial charge in [0.1, 0.15) is 0 Å². The lowest BCUT2D eigenvalue weighted by Gasteiger charge is -2.13. The number of carbonyl (C=O) groups is 1. The second-order valence-corrected chi connectivity index (χ2v) is 4.73. The molecular formula is C14H19FN2O3. The van der Waals surface area contributed by atoms with E-state index in [2.05, 4.69) is 10.6 Å². The van der Waals surface area contributed by atoms with E-state index >= 15 is 0 Å². The first kappa shape index (κ1) is 14.6. The van der Waals surface area contributed by atoms with Crippen LogP contribution >= 0.6 is 0 Å². The van der Waals surface area contributed by atoms with Crippen molar-refractivity contribution in [1.29, 1.82) is 0 Å². The third-order valence-electron chi connectivity index (χ3n) is 3.34. The lowest BCUT2D eigenvalue weighted by Crippen LogP contribution is -2.27. The van der Waals surface area contributed by atoms with E-state index in [0.29, 0.717) is 17.9 Å². The normalized spacial score (nSPS) is 17.9. The molecule has 110 valence electrons. The molecule has 1 fully saturated rings. The van der Waals surface area contributed by atoms with Crippen molar-refractivity contribution in [2.75, 3.05) is 26.1 Å². The SMILES string of the molecule is COc1cc(F)c(NC(=O)CC2CCCN2)cc1OC. The van der Waals surface area contributed by atoms with Gasteiger partial charge < -0.3 is 20.1 Å². The number of anilines is 1. The van der Waals surface area contributed by atoms with Crippen LogP contribution in [0.1, 0.15) is 19.3 Å². The third kappa shape index (κ3) is 3.39. The van der Waals surface area contributed by atoms with E-state index in [0.717, 1.165) is 19.4 Å². The number of hydrogen-bond acceptors (Lipinski definition) is 4. The Labute approximate surface area is 117 Å². The number of rotatable bonds is 5. The second-order valence-electron chi connectivity index (χ2n) is 4.73. The van der Waals surface area contributed by atoms with E-state index in [1.54, 1.807) is 0 Å². The molecule has 0 saturated carbocycles. The van der Waals surface area contributed by atoms with Crippen LogP contribution in [0.5, 0.6) is 11.5 Å². The van der Waals surface area contributed by atoms with Crippen molar-refractivity contribution in [3.63, 3.8) is 0 Å². The molecular weight excluding hydrogens is 263 g/mol. The smallest absolute Gasteiger partial charge is 0.226 e. The van der Waals surface area contributed by atoms with Gasteiger partial charge in [0, 0.05) is 24.6 Å². The summed E-state index contributed by atoms with van der Waals surface area (Å²) in [4.78, 5) is 11.9. The summed E-state index contributed by atoms with van der Waals surface area (Å²) in [5, 5.41) is 5.80. The van der Waals surface area contributed by atoms with Crippen molar-refractivity contribution in [3.05, 3.63) is 17.9 Å². The molecule has 0 spiro atoms. The third-order valence-corrected chi connectivity index (χ3v) is 3.34. The van der Waals surface area contributed by atoms with Crippen molar-refractivity contribution in [3.8, 4) is 11.5 Å². The number of carbonyl (C=O) groups excluding carboxylic acids is 1. The molecule has 0 bridgehead atoms. The molecule has 0 aromatic heterocycles. The molecule has 5 nitrogen and oxygen atoms in total. The van der Waals surface area contributed by atoms with E-state index in [4.69, 9.17) is 9.47 Å². The average molecular weight is 282 g/mol. The van der Waals surface area contributed by atoms with Crippen LogP contribution in [0, 0.1) is 5.82 Å². The Bertz CT molecular complexity index is 488. The number of nitrogens with one attached hydrogen (secondary N) is 2. The molecule has 0 radical (unpaired) electrons. The maximum Gasteiger partial charge on any atom is 0.226 e. The van der Waals surface area contributed by atoms with Crippen molar-refractivity contribution in [2.45, 2.75) is 25.3 Å². The molecule has 1 aliphatic rings. The standard InChI is InChI=1S/C14H19FN2O3/c1-19-12-7-10(15)11(8-13(12)20-2)17-14(18)6-9-4-3-5-16-9/h7-9,16H,3-6H2,1-2H3,(H,17,18). The van der Waals surface area contributed by atoms with Gasteiger partial charge in [0.2, 0.25) is 5.91 Å². The van der Waals surface area contributed by atoms with E-state index in [1.165, 1.54) is 26.4 Å². The van der Waals surface area contributed by atoms with Gasteiger partial charge in [-0.05, 0) is 19.4 Å². The zero-order valence-corrected chi connectivity index (χ0v) is 11.7. The predicted octanol–water partition coefficient (Wildman–Crippen LogP) is 1.92. The van der Waals surface area contributed by atoms with Gasteiger partial charge >= 0.3 is 0 Å². The molecule has 2 N–H and O–H groups in total. The topological polar surface area (TPSA) is 59.6 Å². The maximum absolute atomic E-state index is 13.9. The van der Waals surface area contributed by atoms with E-state index in [1.807, 2.05) is 0 Å². The number of benzene rings is 1. The first-order valence-electron chi connectivity index (χ1n) is 6.58. The van der Waals surface area contributed by atoms with E-state index in [9.17, 15) is 9.18 Å². The highest BCUT2D eigenvalue weighted by Gasteiger charge is 2.19. The molecule has 1 aliphatic heterocycles. The Morgan fingerprint density at radius 1 is 1.40 bits per heavy atom. The lowest BCUT2D eigenvalue weighted by atomic mass is 10.1. The Morgan fingerprint density at radius 3 is 2.70 bits per heavy atom. The van der Waals surface area contributed by atoms with Crippen molar-refractivity contribution in [2.24, 2.45) is 0 Å². The summed E-state index contributed by atoms with van der Waals surface area (Å²) < 4.78 is 23.9. The zero-order chi connectivity index (χ0) is 14.5. The zero-order valence-electron chi connectivity index (χ0n) is 11.7. The van der Waals surface area contributed by atoms with Gasteiger partial charge in [0.25, 0.3) is 0 Å². The fraction of sp³-hybridized carbons (Fsp3) is 0.500. The quantitative estimate of drug-likeness (QED) is 0.866. The number of ether oxygens (including phenoxy) is 2. The fourth-order valence-electron chi connectivity index (χ4n) is 2.31. The van der Waals surface area contributed by atoms with Gasteiger partial charge in [-0.3, -0.25) is 4.79 Å². The van der Waals surface area contributed by atoms with Gasteiger partial charge in [-0.2, -0.15) is 0 Å². The molecule has 1 saturated heterocycles. The molecule has 1 amide bonds. The van der Waals surface area contributed by atoms with Crippen LogP contribution in [0.4, 0.5) is 10.1 Å². The largest absolute Gasteiger partial charge is 0.493 e. The van der Waals surface area contributed by atoms with Crippen LogP contribution in [-0.2, 0) is 4.79 Å². The lowest BCUT2D eigenvalue weighted by molar-refractivity contribution is -0.116. The Morgan fingerprint density at radius 2 is 2.10 bits per heavy atom. The molecule has 1 atom stereocenters. The molecule has 6 heteroatoms. The minimum absolute atomic E-state index is 0.102. The highest BCUT2D eigenvalue weighted by molar-refractivity contribution is 5.91. The fourth-order valence-corrected chi connectivity index (χ4v) is 2.31. The molecule has 20 heavy (non-hydrogen) atoms. The van der Waals surface area contributed by atoms with Crippen molar-refractivity contribution in [1.82, 2.24) is 5.32 Å². The van der Waals surface area contributed by atoms with Gasteiger partial charge in [0.15, 0.2) is 17.3 Å². The molecule has 2 rings (SSSR count). The summed E-state index contributed by atoms with van der Waals surface area (Å²) >= 11 is 0. The Hall–Kier alpha value is -1.82. The van der Waals surface area contributed by atoms with E-state index < -0.39 is 5.82 Å². The first-order chi connectivity index (χ1) is 9.63. The van der Waals surface area contributed by atoms with Crippen molar-refractivity contribution >= 4 is 11.6 Å². The minimum Gasteiger partial charge on any atom is -0.493 e. The summed E-state index contributed by atoms with van der Waals surface area (Å²) in [6, 6.07) is 2.80. The molecule has 1 aromatic carbocycles. The second kappa shape index (κ2) is 6.56. The Balaban J connectivity index is 2.06. The number of hydrogen-bond donors (Lipinski definition) is 2. The van der Waals surface area contributed by atoms with Crippen molar-refractivity contribution < 1.29 is 18.7 Å². The first-order valence-corrected chi connectivity index (χ1v) is 6.58. The van der Waals surface area contributed by atoms with Gasteiger partial charge in [-0.1, -0.05) is 0 Å². The average Bonchev–Trinajstić information content (AvgIpc) is 2.93. The highest BCUT2D eigenvalue weighted by Crippen LogP contribution is 2.32. The van der Waals surface area contributed by atoms with Crippen LogP contribution < -0.4 is 20.1 Å². The van der Waals surface area contributed by atoms with Crippen LogP contribution in [0.2, 0.25) is 0 Å².